The Balaban J connectivity index is 5.58. The van der Waals surface area contributed by atoms with Crippen molar-refractivity contribution in [3.8, 4) is 0 Å². The SMILES string of the molecule is CC(C)C(OO)C(O)(C(F)(F)F)C(F)(F)F. The van der Waals surface area contributed by atoms with Crippen LogP contribution in [0.15, 0.2) is 0 Å². The van der Waals surface area contributed by atoms with E-state index in [-0.39, 0.29) is 0 Å². The van der Waals surface area contributed by atoms with Crippen LogP contribution in [0.4, 0.5) is 26.3 Å². The molecule has 2 N–H and O–H groups in total. The molecule has 0 aromatic carbocycles. The van der Waals surface area contributed by atoms with Gasteiger partial charge in [0.25, 0.3) is 5.60 Å². The van der Waals surface area contributed by atoms with Crippen molar-refractivity contribution in [3.05, 3.63) is 0 Å². The fourth-order valence-electron chi connectivity index (χ4n) is 1.16. The van der Waals surface area contributed by atoms with Gasteiger partial charge in [-0.05, 0) is 5.92 Å². The molecule has 0 aliphatic heterocycles. The van der Waals surface area contributed by atoms with Crippen LogP contribution < -0.4 is 0 Å². The third-order valence-corrected chi connectivity index (χ3v) is 2.00. The molecule has 1 atom stereocenters. The van der Waals surface area contributed by atoms with Crippen LogP contribution in [0.1, 0.15) is 13.8 Å². The molecule has 0 spiro atoms. The highest BCUT2D eigenvalue weighted by atomic mass is 19.4. The highest BCUT2D eigenvalue weighted by molar-refractivity contribution is 5.01. The minimum absolute atomic E-state index is 0.934. The van der Waals surface area contributed by atoms with Gasteiger partial charge in [0.05, 0.1) is 0 Å². The zero-order chi connectivity index (χ0) is 13.4. The summed E-state index contributed by atoms with van der Waals surface area (Å²) in [6.07, 6.45) is -14.9. The van der Waals surface area contributed by atoms with Crippen LogP contribution in [0, 0.1) is 5.92 Å². The fourth-order valence-corrected chi connectivity index (χ4v) is 1.16. The van der Waals surface area contributed by atoms with Gasteiger partial charge in [-0.25, -0.2) is 4.89 Å². The van der Waals surface area contributed by atoms with E-state index in [0.29, 0.717) is 0 Å². The Bertz CT molecular complexity index is 219. The van der Waals surface area contributed by atoms with E-state index in [1.54, 1.807) is 0 Å². The Morgan fingerprint density at radius 1 is 0.938 bits per heavy atom. The van der Waals surface area contributed by atoms with Crippen molar-refractivity contribution in [1.29, 1.82) is 0 Å². The molecule has 16 heavy (non-hydrogen) atoms. The van der Waals surface area contributed by atoms with Gasteiger partial charge in [-0.3, -0.25) is 5.26 Å². The predicted octanol–water partition coefficient (Wildman–Crippen LogP) is 2.36. The topological polar surface area (TPSA) is 49.7 Å². The highest BCUT2D eigenvalue weighted by Gasteiger charge is 2.75. The fraction of sp³-hybridized carbons (Fsp3) is 1.00. The number of hydrogen-bond donors (Lipinski definition) is 2. The van der Waals surface area contributed by atoms with E-state index in [9.17, 15) is 26.3 Å². The lowest BCUT2D eigenvalue weighted by Gasteiger charge is -2.38. The van der Waals surface area contributed by atoms with E-state index in [4.69, 9.17) is 10.4 Å². The first kappa shape index (κ1) is 15.5. The van der Waals surface area contributed by atoms with Crippen LogP contribution in [0.25, 0.3) is 0 Å². The van der Waals surface area contributed by atoms with Gasteiger partial charge in [-0.1, -0.05) is 13.8 Å². The van der Waals surface area contributed by atoms with Crippen molar-refractivity contribution >= 4 is 0 Å². The second-order valence-electron chi connectivity index (χ2n) is 3.53. The van der Waals surface area contributed by atoms with Crippen molar-refractivity contribution in [2.24, 2.45) is 5.92 Å². The Morgan fingerprint density at radius 3 is 1.31 bits per heavy atom. The van der Waals surface area contributed by atoms with Crippen LogP contribution in [-0.2, 0) is 4.89 Å². The molecule has 0 saturated heterocycles. The highest BCUT2D eigenvalue weighted by Crippen LogP contribution is 2.47. The molecule has 0 heterocycles. The van der Waals surface area contributed by atoms with Crippen LogP contribution in [-0.4, -0.2) is 34.4 Å². The lowest BCUT2D eigenvalue weighted by molar-refractivity contribution is -0.436. The molecule has 0 aromatic heterocycles. The summed E-state index contributed by atoms with van der Waals surface area (Å²) in [6.45, 7) is 1.87. The summed E-state index contributed by atoms with van der Waals surface area (Å²) >= 11 is 0. The maximum absolute atomic E-state index is 12.2. The number of hydrogen-bond acceptors (Lipinski definition) is 3. The first-order valence-corrected chi connectivity index (χ1v) is 4.05. The number of rotatable bonds is 3. The smallest absolute Gasteiger partial charge is 0.372 e. The van der Waals surface area contributed by atoms with Crippen LogP contribution >= 0.6 is 0 Å². The summed E-state index contributed by atoms with van der Waals surface area (Å²) in [4.78, 5) is 3.14. The lowest BCUT2D eigenvalue weighted by atomic mass is 9.87. The van der Waals surface area contributed by atoms with Gasteiger partial charge in [0, 0.05) is 0 Å². The molecule has 3 nitrogen and oxygen atoms in total. The molecule has 0 radical (unpaired) electrons. The van der Waals surface area contributed by atoms with Crippen molar-refractivity contribution < 1.29 is 41.6 Å². The molecule has 0 aliphatic rings. The van der Waals surface area contributed by atoms with Crippen LogP contribution in [0.2, 0.25) is 0 Å². The van der Waals surface area contributed by atoms with Crippen molar-refractivity contribution in [2.75, 3.05) is 0 Å². The van der Waals surface area contributed by atoms with Gasteiger partial charge in [-0.15, -0.1) is 0 Å². The second-order valence-corrected chi connectivity index (χ2v) is 3.53. The minimum Gasteiger partial charge on any atom is -0.372 e. The van der Waals surface area contributed by atoms with E-state index < -0.39 is 30.0 Å². The average Bonchev–Trinajstić information content (AvgIpc) is 1.99. The molecule has 98 valence electrons. The Morgan fingerprint density at radius 2 is 1.25 bits per heavy atom. The van der Waals surface area contributed by atoms with Crippen molar-refractivity contribution in [1.82, 2.24) is 0 Å². The zero-order valence-electron chi connectivity index (χ0n) is 8.23. The molecule has 0 saturated carbocycles. The lowest BCUT2D eigenvalue weighted by Crippen LogP contribution is -2.66. The van der Waals surface area contributed by atoms with Crippen molar-refractivity contribution in [2.45, 2.75) is 37.9 Å². The quantitative estimate of drug-likeness (QED) is 0.463. The monoisotopic (exact) mass is 256 g/mol. The average molecular weight is 256 g/mol. The Labute approximate surface area is 86.6 Å². The largest absolute Gasteiger partial charge is 0.429 e. The molecule has 0 amide bonds. The number of halogens is 6. The molecule has 0 rings (SSSR count). The third-order valence-electron chi connectivity index (χ3n) is 2.00. The van der Waals surface area contributed by atoms with Gasteiger partial charge in [0.15, 0.2) is 0 Å². The van der Waals surface area contributed by atoms with Crippen LogP contribution in [0.3, 0.4) is 0 Å². The van der Waals surface area contributed by atoms with E-state index in [1.165, 1.54) is 0 Å². The van der Waals surface area contributed by atoms with Crippen LogP contribution in [0.5, 0.6) is 0 Å². The maximum atomic E-state index is 12.2. The van der Waals surface area contributed by atoms with Gasteiger partial charge >= 0.3 is 12.4 Å². The van der Waals surface area contributed by atoms with Crippen molar-refractivity contribution in [3.63, 3.8) is 0 Å². The number of alkyl halides is 6. The summed E-state index contributed by atoms with van der Waals surface area (Å²) in [6, 6.07) is 0. The summed E-state index contributed by atoms with van der Waals surface area (Å²) < 4.78 is 73.4. The maximum Gasteiger partial charge on any atom is 0.429 e. The Kier molecular flexibility index (Phi) is 4.23. The zero-order valence-corrected chi connectivity index (χ0v) is 8.23. The standard InChI is InChI=1S/C7H10F6O3/c1-3(2)4(16-15)5(14,6(8,9)10)7(11,12)13/h3-4,14-15H,1-2H3. The van der Waals surface area contributed by atoms with E-state index in [1.807, 2.05) is 0 Å². The minimum atomic E-state index is -6.01. The van der Waals surface area contributed by atoms with Gasteiger partial charge < -0.3 is 5.11 Å². The summed E-state index contributed by atoms with van der Waals surface area (Å²) in [5, 5.41) is 16.9. The summed E-state index contributed by atoms with van der Waals surface area (Å²) in [5.41, 5.74) is -5.11. The normalized spacial score (nSPS) is 16.7. The first-order valence-electron chi connectivity index (χ1n) is 4.05. The molecule has 0 aliphatic carbocycles. The Hall–Kier alpha value is -0.540. The number of aliphatic hydroxyl groups is 1. The molecular weight excluding hydrogens is 246 g/mol. The van der Waals surface area contributed by atoms with Gasteiger partial charge in [0.2, 0.25) is 0 Å². The van der Waals surface area contributed by atoms with E-state index >= 15 is 0 Å². The summed E-state index contributed by atoms with van der Waals surface area (Å²) in [7, 11) is 0. The molecule has 0 bridgehead atoms. The first-order chi connectivity index (χ1) is 6.89. The van der Waals surface area contributed by atoms with E-state index in [0.717, 1.165) is 13.8 Å². The third kappa shape index (κ3) is 2.41. The van der Waals surface area contributed by atoms with E-state index in [2.05, 4.69) is 4.89 Å². The predicted molar refractivity (Wildman–Crippen MR) is 39.4 cm³/mol. The second kappa shape index (κ2) is 4.38. The molecule has 0 aromatic rings. The summed E-state index contributed by atoms with van der Waals surface area (Å²) in [5.74, 6) is -1.40. The molecule has 0 fully saturated rings. The van der Waals surface area contributed by atoms with Gasteiger partial charge in [-0.2, -0.15) is 26.3 Å². The van der Waals surface area contributed by atoms with Gasteiger partial charge in [0.1, 0.15) is 6.10 Å². The molecule has 1 unspecified atom stereocenters. The molecular formula is C7H10F6O3. The molecule has 9 heteroatoms.